The fraction of sp³-hybridized carbons (Fsp3) is 0.0588. The van der Waals surface area contributed by atoms with Crippen molar-refractivity contribution >= 4 is 27.6 Å². The molecule has 0 N–H and O–H groups in total. The van der Waals surface area contributed by atoms with Gasteiger partial charge in [-0.25, -0.2) is 4.98 Å². The average Bonchev–Trinajstić information content (AvgIpc) is 3.08. The first-order valence-electron chi connectivity index (χ1n) is 6.91. The van der Waals surface area contributed by atoms with Crippen molar-refractivity contribution in [2.24, 2.45) is 4.40 Å². The van der Waals surface area contributed by atoms with Crippen LogP contribution in [0.5, 0.6) is 0 Å². The number of aromatic nitrogens is 1. The molecule has 0 saturated carbocycles. The predicted octanol–water partition coefficient (Wildman–Crippen LogP) is 3.93. The normalized spacial score (nSPS) is 11.9. The van der Waals surface area contributed by atoms with Gasteiger partial charge in [0.05, 0.1) is 4.90 Å². The molecule has 0 saturated heterocycles. The van der Waals surface area contributed by atoms with Crippen LogP contribution in [0.1, 0.15) is 11.1 Å². The Morgan fingerprint density at radius 3 is 2.61 bits per heavy atom. The zero-order valence-corrected chi connectivity index (χ0v) is 14.0. The van der Waals surface area contributed by atoms with E-state index in [2.05, 4.69) is 9.38 Å². The lowest BCUT2D eigenvalue weighted by atomic mass is 10.1. The highest BCUT2D eigenvalue weighted by Crippen LogP contribution is 2.22. The second-order valence-electron chi connectivity index (χ2n) is 4.99. The van der Waals surface area contributed by atoms with Crippen LogP contribution in [-0.4, -0.2) is 19.6 Å². The van der Waals surface area contributed by atoms with Crippen LogP contribution >= 0.6 is 11.3 Å². The summed E-state index contributed by atoms with van der Waals surface area (Å²) in [4.78, 5) is 4.44. The van der Waals surface area contributed by atoms with Crippen LogP contribution in [0.4, 0.5) is 0 Å². The monoisotopic (exact) mass is 342 g/mol. The molecule has 23 heavy (non-hydrogen) atoms. The van der Waals surface area contributed by atoms with Gasteiger partial charge in [0.2, 0.25) is 0 Å². The number of aryl methyl sites for hydroxylation is 1. The molecule has 3 aromatic rings. The largest absolute Gasteiger partial charge is 0.282 e. The molecule has 0 spiro atoms. The zero-order valence-electron chi connectivity index (χ0n) is 12.4. The lowest BCUT2D eigenvalue weighted by Gasteiger charge is -2.00. The van der Waals surface area contributed by atoms with Crippen LogP contribution in [0, 0.1) is 6.92 Å². The fourth-order valence-electron chi connectivity index (χ4n) is 2.02. The van der Waals surface area contributed by atoms with Gasteiger partial charge in [0.25, 0.3) is 10.0 Å². The molecule has 0 aliphatic heterocycles. The quantitative estimate of drug-likeness (QED) is 0.675. The first-order valence-corrected chi connectivity index (χ1v) is 9.23. The molecule has 1 aromatic heterocycles. The van der Waals surface area contributed by atoms with Gasteiger partial charge in [0.15, 0.2) is 0 Å². The lowest BCUT2D eigenvalue weighted by Crippen LogP contribution is -1.97. The highest BCUT2D eigenvalue weighted by Gasteiger charge is 2.11. The maximum atomic E-state index is 12.2. The van der Waals surface area contributed by atoms with Crippen molar-refractivity contribution in [3.8, 4) is 10.6 Å². The highest BCUT2D eigenvalue weighted by atomic mass is 32.2. The summed E-state index contributed by atoms with van der Waals surface area (Å²) in [6.45, 7) is 1.91. The van der Waals surface area contributed by atoms with Crippen molar-refractivity contribution in [2.45, 2.75) is 11.8 Å². The van der Waals surface area contributed by atoms with Gasteiger partial charge in [-0.3, -0.25) is 0 Å². The maximum absolute atomic E-state index is 12.2. The Hall–Kier alpha value is -2.31. The van der Waals surface area contributed by atoms with E-state index in [-0.39, 0.29) is 4.90 Å². The van der Waals surface area contributed by atoms with E-state index in [1.165, 1.54) is 17.6 Å². The molecule has 6 heteroatoms. The van der Waals surface area contributed by atoms with Crippen molar-refractivity contribution in [1.29, 1.82) is 0 Å². The van der Waals surface area contributed by atoms with Crippen LogP contribution in [0.15, 0.2) is 69.4 Å². The number of hydrogen-bond acceptors (Lipinski definition) is 4. The molecule has 0 amide bonds. The van der Waals surface area contributed by atoms with E-state index in [1.807, 2.05) is 36.6 Å². The van der Waals surface area contributed by atoms with E-state index >= 15 is 0 Å². The molecule has 0 unspecified atom stereocenters. The Balaban J connectivity index is 1.88. The molecule has 1 heterocycles. The molecule has 0 radical (unpaired) electrons. The smallest absolute Gasteiger partial charge is 0.245 e. The van der Waals surface area contributed by atoms with Crippen molar-refractivity contribution in [2.75, 3.05) is 0 Å². The number of hydrogen-bond donors (Lipinski definition) is 0. The Kier molecular flexibility index (Phi) is 4.36. The van der Waals surface area contributed by atoms with Crippen molar-refractivity contribution in [3.63, 3.8) is 0 Å². The highest BCUT2D eigenvalue weighted by molar-refractivity contribution is 7.90. The first-order chi connectivity index (χ1) is 11.0. The Morgan fingerprint density at radius 1 is 1.13 bits per heavy atom. The average molecular weight is 342 g/mol. The first kappa shape index (κ1) is 15.6. The van der Waals surface area contributed by atoms with Gasteiger partial charge in [-0.05, 0) is 30.7 Å². The van der Waals surface area contributed by atoms with Crippen molar-refractivity contribution in [1.82, 2.24) is 4.98 Å². The molecule has 0 aliphatic rings. The number of rotatable bonds is 4. The van der Waals surface area contributed by atoms with Gasteiger partial charge >= 0.3 is 0 Å². The van der Waals surface area contributed by atoms with Crippen LogP contribution in [-0.2, 0) is 10.0 Å². The molecular formula is C17H14N2O2S2. The second-order valence-corrected chi connectivity index (χ2v) is 7.51. The number of sulfonamides is 1. The molecular weight excluding hydrogens is 328 g/mol. The third-order valence-corrected chi connectivity index (χ3v) is 5.30. The fourth-order valence-corrected chi connectivity index (χ4v) is 3.52. The van der Waals surface area contributed by atoms with Gasteiger partial charge in [0.1, 0.15) is 5.01 Å². The Morgan fingerprint density at radius 2 is 1.91 bits per heavy atom. The van der Waals surface area contributed by atoms with Gasteiger partial charge in [-0.1, -0.05) is 35.9 Å². The van der Waals surface area contributed by atoms with Gasteiger partial charge in [-0.15, -0.1) is 11.3 Å². The molecule has 0 atom stereocenters. The van der Waals surface area contributed by atoms with Crippen LogP contribution in [0.3, 0.4) is 0 Å². The Labute approximate surface area is 139 Å². The molecule has 0 aliphatic carbocycles. The summed E-state index contributed by atoms with van der Waals surface area (Å²) in [6, 6.07) is 14.1. The van der Waals surface area contributed by atoms with Crippen molar-refractivity contribution in [3.05, 3.63) is 71.2 Å². The summed E-state index contributed by atoms with van der Waals surface area (Å²) in [6.07, 6.45) is 3.11. The standard InChI is InChI=1S/C17H14N2O2S2/c1-13-5-7-16(8-6-13)23(20,21)19-12-14-3-2-4-15(11-14)17-18-9-10-22-17/h2-12H,1H3. The van der Waals surface area contributed by atoms with Gasteiger partial charge in [0, 0.05) is 23.4 Å². The lowest BCUT2D eigenvalue weighted by molar-refractivity contribution is 0.598. The van der Waals surface area contributed by atoms with Gasteiger partial charge < -0.3 is 0 Å². The van der Waals surface area contributed by atoms with Crippen LogP contribution in [0.25, 0.3) is 10.6 Å². The number of thiazole rings is 1. The maximum Gasteiger partial charge on any atom is 0.282 e. The second kappa shape index (κ2) is 6.44. The zero-order chi connectivity index (χ0) is 16.3. The summed E-state index contributed by atoms with van der Waals surface area (Å²) in [5.41, 5.74) is 2.66. The van der Waals surface area contributed by atoms with E-state index in [1.54, 1.807) is 30.5 Å². The summed E-state index contributed by atoms with van der Waals surface area (Å²) in [5, 5.41) is 2.79. The molecule has 3 rings (SSSR count). The minimum atomic E-state index is -3.69. The van der Waals surface area contributed by atoms with E-state index in [0.717, 1.165) is 16.1 Å². The Bertz CT molecular complexity index is 929. The SMILES string of the molecule is Cc1ccc(S(=O)(=O)N=Cc2cccc(-c3nccs3)c2)cc1. The predicted molar refractivity (Wildman–Crippen MR) is 93.5 cm³/mol. The van der Waals surface area contributed by atoms with E-state index in [0.29, 0.717) is 5.56 Å². The van der Waals surface area contributed by atoms with Crippen LogP contribution in [0.2, 0.25) is 0 Å². The summed E-state index contributed by atoms with van der Waals surface area (Å²) < 4.78 is 28.2. The van der Waals surface area contributed by atoms with E-state index in [4.69, 9.17) is 0 Å². The minimum Gasteiger partial charge on any atom is -0.245 e. The summed E-state index contributed by atoms with van der Waals surface area (Å²) in [5.74, 6) is 0. The third kappa shape index (κ3) is 3.72. The van der Waals surface area contributed by atoms with Crippen molar-refractivity contribution < 1.29 is 8.42 Å². The van der Waals surface area contributed by atoms with Crippen LogP contribution < -0.4 is 0 Å². The molecule has 0 bridgehead atoms. The number of nitrogens with zero attached hydrogens (tertiary/aromatic N) is 2. The minimum absolute atomic E-state index is 0.190. The summed E-state index contributed by atoms with van der Waals surface area (Å²) in [7, 11) is -3.69. The van der Waals surface area contributed by atoms with E-state index in [9.17, 15) is 8.42 Å². The van der Waals surface area contributed by atoms with Gasteiger partial charge in [-0.2, -0.15) is 12.8 Å². The number of benzene rings is 2. The molecule has 4 nitrogen and oxygen atoms in total. The topological polar surface area (TPSA) is 59.4 Å². The summed E-state index contributed by atoms with van der Waals surface area (Å²) >= 11 is 1.53. The van der Waals surface area contributed by atoms with E-state index < -0.39 is 10.0 Å². The third-order valence-electron chi connectivity index (χ3n) is 3.23. The molecule has 116 valence electrons. The molecule has 2 aromatic carbocycles. The molecule has 0 fully saturated rings.